The number of ether oxygens (including phenoxy) is 2. The third-order valence-corrected chi connectivity index (χ3v) is 5.51. The third-order valence-electron chi connectivity index (χ3n) is 4.57. The highest BCUT2D eigenvalue weighted by Gasteiger charge is 2.48. The molecule has 0 aromatic carbocycles. The molecule has 0 aromatic rings. The second-order valence-corrected chi connectivity index (χ2v) is 7.05. The van der Waals surface area contributed by atoms with Gasteiger partial charge in [-0.05, 0) is 12.8 Å². The monoisotopic (exact) mass is 367 g/mol. The Morgan fingerprint density at radius 3 is 2.56 bits per heavy atom. The zero-order valence-corrected chi connectivity index (χ0v) is 15.1. The van der Waals surface area contributed by atoms with Crippen molar-refractivity contribution in [2.45, 2.75) is 44.2 Å². The lowest BCUT2D eigenvalue weighted by molar-refractivity contribution is -0.150. The number of hydrogen-bond donors (Lipinski definition) is 1. The van der Waals surface area contributed by atoms with Crippen LogP contribution in [0.3, 0.4) is 0 Å². The van der Waals surface area contributed by atoms with Crippen molar-refractivity contribution in [2.75, 3.05) is 20.0 Å². The number of rotatable bonds is 4. The number of fused-ring (bicyclic) bond motifs is 1. The summed E-state index contributed by atoms with van der Waals surface area (Å²) < 4.78 is 9.70. The number of nitrogens with one attached hydrogen (secondary N) is 1. The summed E-state index contributed by atoms with van der Waals surface area (Å²) in [7, 11) is 2.46. The molecule has 2 fully saturated rings. The minimum absolute atomic E-state index is 0.0273. The van der Waals surface area contributed by atoms with Crippen molar-refractivity contribution in [1.29, 1.82) is 0 Å². The van der Waals surface area contributed by atoms with E-state index in [2.05, 4.69) is 10.3 Å². The maximum absolute atomic E-state index is 12.4. The summed E-state index contributed by atoms with van der Waals surface area (Å²) in [4.78, 5) is 42.7. The van der Waals surface area contributed by atoms with Crippen molar-refractivity contribution in [3.8, 4) is 0 Å². The molecule has 25 heavy (non-hydrogen) atoms. The molecule has 1 aliphatic carbocycles. The molecular formula is C16H21N3O5S. The number of aliphatic imine (C=N–C) groups is 1. The first-order valence-corrected chi connectivity index (χ1v) is 9.25. The molecule has 2 heterocycles. The van der Waals surface area contributed by atoms with Gasteiger partial charge in [0.05, 0.1) is 20.0 Å². The molecular weight excluding hydrogens is 346 g/mol. The molecule has 0 radical (unpaired) electrons. The van der Waals surface area contributed by atoms with Crippen LogP contribution in [0, 0.1) is 0 Å². The SMILES string of the molecule is COC(=O)C1=C(NC2CCCCC2)N=C2SCC(=O)N2C1C(=O)OC. The average Bonchev–Trinajstić information content (AvgIpc) is 3.00. The Labute approximate surface area is 150 Å². The van der Waals surface area contributed by atoms with Crippen LogP contribution in [0.1, 0.15) is 32.1 Å². The molecule has 1 saturated heterocycles. The van der Waals surface area contributed by atoms with Crippen LogP contribution in [0.15, 0.2) is 16.4 Å². The molecule has 0 bridgehead atoms. The second-order valence-electron chi connectivity index (χ2n) is 6.11. The lowest BCUT2D eigenvalue weighted by atomic mass is 9.95. The van der Waals surface area contributed by atoms with Gasteiger partial charge in [0.2, 0.25) is 5.91 Å². The predicted molar refractivity (Wildman–Crippen MR) is 91.6 cm³/mol. The number of amidine groups is 1. The zero-order chi connectivity index (χ0) is 18.0. The molecule has 9 heteroatoms. The molecule has 1 N–H and O–H groups in total. The van der Waals surface area contributed by atoms with Crippen LogP contribution >= 0.6 is 11.8 Å². The maximum Gasteiger partial charge on any atom is 0.340 e. The number of carbonyl (C=O) groups excluding carboxylic acids is 3. The lowest BCUT2D eigenvalue weighted by Gasteiger charge is -2.33. The molecule has 2 aliphatic heterocycles. The normalized spacial score (nSPS) is 23.9. The highest BCUT2D eigenvalue weighted by atomic mass is 32.2. The minimum Gasteiger partial charge on any atom is -0.467 e. The van der Waals surface area contributed by atoms with Gasteiger partial charge in [0.25, 0.3) is 0 Å². The van der Waals surface area contributed by atoms with Gasteiger partial charge in [0, 0.05) is 6.04 Å². The molecule has 1 saturated carbocycles. The van der Waals surface area contributed by atoms with Crippen LogP contribution < -0.4 is 5.32 Å². The number of methoxy groups -OCH3 is 2. The van der Waals surface area contributed by atoms with E-state index in [-0.39, 0.29) is 23.3 Å². The number of nitrogens with zero attached hydrogens (tertiary/aromatic N) is 2. The first kappa shape index (κ1) is 17.8. The summed E-state index contributed by atoms with van der Waals surface area (Å²) in [5, 5.41) is 3.70. The molecule has 1 amide bonds. The van der Waals surface area contributed by atoms with Gasteiger partial charge in [-0.2, -0.15) is 0 Å². The van der Waals surface area contributed by atoms with E-state index in [1.54, 1.807) is 0 Å². The quantitative estimate of drug-likeness (QED) is 0.733. The average molecular weight is 367 g/mol. The van der Waals surface area contributed by atoms with Gasteiger partial charge >= 0.3 is 11.9 Å². The van der Waals surface area contributed by atoms with Crippen molar-refractivity contribution in [3.63, 3.8) is 0 Å². The molecule has 3 rings (SSSR count). The first-order valence-electron chi connectivity index (χ1n) is 8.27. The van der Waals surface area contributed by atoms with Crippen molar-refractivity contribution in [2.24, 2.45) is 4.99 Å². The van der Waals surface area contributed by atoms with Gasteiger partial charge in [0.1, 0.15) is 11.4 Å². The molecule has 8 nitrogen and oxygen atoms in total. The predicted octanol–water partition coefficient (Wildman–Crippen LogP) is 0.780. The number of hydrogen-bond acceptors (Lipinski definition) is 8. The minimum atomic E-state index is -1.17. The van der Waals surface area contributed by atoms with Gasteiger partial charge in [-0.15, -0.1) is 0 Å². The van der Waals surface area contributed by atoms with E-state index in [0.29, 0.717) is 11.0 Å². The lowest BCUT2D eigenvalue weighted by Crippen LogP contribution is -2.51. The van der Waals surface area contributed by atoms with Crippen molar-refractivity contribution >= 4 is 34.8 Å². The molecule has 1 atom stereocenters. The van der Waals surface area contributed by atoms with E-state index in [0.717, 1.165) is 25.7 Å². The fourth-order valence-electron chi connectivity index (χ4n) is 3.33. The topological polar surface area (TPSA) is 97.3 Å². The van der Waals surface area contributed by atoms with Gasteiger partial charge in [0.15, 0.2) is 11.2 Å². The first-order chi connectivity index (χ1) is 12.1. The van der Waals surface area contributed by atoms with Gasteiger partial charge in [-0.25, -0.2) is 14.6 Å². The Morgan fingerprint density at radius 2 is 1.92 bits per heavy atom. The van der Waals surface area contributed by atoms with E-state index in [4.69, 9.17) is 9.47 Å². The summed E-state index contributed by atoms with van der Waals surface area (Å²) in [5.41, 5.74) is 0.0273. The molecule has 0 aromatic heterocycles. The smallest absolute Gasteiger partial charge is 0.340 e. The van der Waals surface area contributed by atoms with Gasteiger partial charge < -0.3 is 14.8 Å². The fourth-order valence-corrected chi connectivity index (χ4v) is 4.22. The summed E-state index contributed by atoms with van der Waals surface area (Å²) in [6.45, 7) is 0. The van der Waals surface area contributed by atoms with Gasteiger partial charge in [-0.1, -0.05) is 31.0 Å². The number of carbonyl (C=O) groups is 3. The Kier molecular flexibility index (Phi) is 5.31. The van der Waals surface area contributed by atoms with Crippen LogP contribution in [0.5, 0.6) is 0 Å². The summed E-state index contributed by atoms with van der Waals surface area (Å²) in [6, 6.07) is -0.988. The summed E-state index contributed by atoms with van der Waals surface area (Å²) in [5.74, 6) is -1.18. The Hall–Kier alpha value is -2.03. The number of esters is 2. The highest BCUT2D eigenvalue weighted by molar-refractivity contribution is 8.15. The van der Waals surface area contributed by atoms with Crippen LogP contribution in [0.4, 0.5) is 0 Å². The Morgan fingerprint density at radius 1 is 1.20 bits per heavy atom. The Bertz CT molecular complexity index is 654. The zero-order valence-electron chi connectivity index (χ0n) is 14.2. The molecule has 1 unspecified atom stereocenters. The summed E-state index contributed by atoms with van der Waals surface area (Å²) >= 11 is 1.25. The van der Waals surface area contributed by atoms with E-state index in [1.807, 2.05) is 0 Å². The molecule has 3 aliphatic rings. The third kappa shape index (κ3) is 3.37. The van der Waals surface area contributed by atoms with Crippen LogP contribution in [-0.4, -0.2) is 60.0 Å². The summed E-state index contributed by atoms with van der Waals surface area (Å²) in [6.07, 6.45) is 5.35. The standard InChI is InChI=1S/C16H21N3O5S/c1-23-14(21)11-12(15(22)24-2)19-10(20)8-25-16(19)18-13(11)17-9-6-4-3-5-7-9/h9,12,17H,3-8H2,1-2H3. The van der Waals surface area contributed by atoms with Crippen LogP contribution in [0.25, 0.3) is 0 Å². The maximum atomic E-state index is 12.4. The van der Waals surface area contributed by atoms with Crippen molar-refractivity contribution < 1.29 is 23.9 Å². The van der Waals surface area contributed by atoms with Crippen molar-refractivity contribution in [1.82, 2.24) is 10.2 Å². The number of thioether (sulfide) groups is 1. The van der Waals surface area contributed by atoms with Crippen molar-refractivity contribution in [3.05, 3.63) is 11.4 Å². The number of amides is 1. The van der Waals surface area contributed by atoms with Crippen LogP contribution in [0.2, 0.25) is 0 Å². The Balaban J connectivity index is 2.02. The van der Waals surface area contributed by atoms with E-state index >= 15 is 0 Å². The second kappa shape index (κ2) is 7.47. The van der Waals surface area contributed by atoms with E-state index < -0.39 is 18.0 Å². The fraction of sp³-hybridized carbons (Fsp3) is 0.625. The highest BCUT2D eigenvalue weighted by Crippen LogP contribution is 2.33. The van der Waals surface area contributed by atoms with E-state index in [1.165, 1.54) is 37.3 Å². The molecule has 0 spiro atoms. The largest absolute Gasteiger partial charge is 0.467 e. The molecule has 136 valence electrons. The van der Waals surface area contributed by atoms with Gasteiger partial charge in [-0.3, -0.25) is 9.69 Å². The van der Waals surface area contributed by atoms with Crippen LogP contribution in [-0.2, 0) is 23.9 Å². The van der Waals surface area contributed by atoms with E-state index in [9.17, 15) is 14.4 Å².